The van der Waals surface area contributed by atoms with E-state index < -0.39 is 0 Å². The highest BCUT2D eigenvalue weighted by atomic mass is 15.2. The van der Waals surface area contributed by atoms with Crippen molar-refractivity contribution in [1.82, 2.24) is 19.9 Å². The van der Waals surface area contributed by atoms with E-state index in [-0.39, 0.29) is 0 Å². The first kappa shape index (κ1) is 76.5. The van der Waals surface area contributed by atoms with E-state index in [9.17, 15) is 0 Å². The Morgan fingerprint density at radius 1 is 0.157 bits per heavy atom. The summed E-state index contributed by atoms with van der Waals surface area (Å²) in [5.74, 6) is 1.10. The maximum atomic E-state index is 4.94. The molecular formula is C132H88N8. The number of rotatable bonds is 0. The Bertz CT molecular complexity index is 8090. The molecule has 8 nitrogen and oxygen atoms in total. The predicted octanol–water partition coefficient (Wildman–Crippen LogP) is 30.0. The molecule has 4 aromatic heterocycles. The Morgan fingerprint density at radius 3 is 0.886 bits per heavy atom. The van der Waals surface area contributed by atoms with Crippen molar-refractivity contribution in [1.29, 1.82) is 0 Å². The van der Waals surface area contributed by atoms with Crippen molar-refractivity contribution in [3.05, 3.63) is 519 Å². The third kappa shape index (κ3) is 10.6. The number of anilines is 12. The molecule has 0 atom stereocenters. The molecule has 656 valence electrons. The van der Waals surface area contributed by atoms with E-state index in [1.165, 1.54) is 330 Å². The summed E-state index contributed by atoms with van der Waals surface area (Å²) in [7, 11) is 0. The Balaban J connectivity index is 0.0000000829. The van der Waals surface area contributed by atoms with Gasteiger partial charge in [0, 0.05) is 82.4 Å². The van der Waals surface area contributed by atoms with Gasteiger partial charge in [-0.05, 0) is 367 Å². The van der Waals surface area contributed by atoms with Crippen LogP contribution < -0.4 is 19.6 Å². The van der Waals surface area contributed by atoms with Crippen molar-refractivity contribution in [2.24, 2.45) is 0 Å². The van der Waals surface area contributed by atoms with Gasteiger partial charge in [-0.25, -0.2) is 4.98 Å². The van der Waals surface area contributed by atoms with Crippen LogP contribution in [-0.4, -0.2) is 19.9 Å². The van der Waals surface area contributed by atoms with Gasteiger partial charge in [-0.15, -0.1) is 0 Å². The topological polar surface area (TPSA) is 64.5 Å². The lowest BCUT2D eigenvalue weighted by atomic mass is 9.80. The molecule has 8 heteroatoms. The van der Waals surface area contributed by atoms with Gasteiger partial charge in [0.1, 0.15) is 5.82 Å². The molecule has 0 N–H and O–H groups in total. The van der Waals surface area contributed by atoms with Crippen LogP contribution >= 0.6 is 0 Å². The first-order valence-electron chi connectivity index (χ1n) is 50.3. The van der Waals surface area contributed by atoms with Gasteiger partial charge in [-0.3, -0.25) is 19.9 Å². The summed E-state index contributed by atoms with van der Waals surface area (Å²) in [5, 5.41) is 0. The second-order valence-corrected chi connectivity index (χ2v) is 41.3. The van der Waals surface area contributed by atoms with Gasteiger partial charge in [-0.1, -0.05) is 249 Å². The number of hydrogen-bond acceptors (Lipinski definition) is 8. The predicted molar refractivity (Wildman–Crippen MR) is 564 cm³/mol. The molecule has 20 aromatic rings. The molecule has 36 rings (SSSR count). The third-order valence-corrected chi connectivity index (χ3v) is 34.4. The quantitative estimate of drug-likeness (QED) is 0.149. The monoisotopic (exact) mass is 1780 g/mol. The fraction of sp³-hybridized carbons (Fsp3) is 0.121. The van der Waals surface area contributed by atoms with Gasteiger partial charge in [-0.2, -0.15) is 0 Å². The second-order valence-electron chi connectivity index (χ2n) is 41.3. The van der Waals surface area contributed by atoms with E-state index in [1.807, 2.05) is 24.8 Å². The van der Waals surface area contributed by atoms with Crippen molar-refractivity contribution in [2.45, 2.75) is 103 Å². The summed E-state index contributed by atoms with van der Waals surface area (Å²) in [4.78, 5) is 29.0. The zero-order valence-corrected chi connectivity index (χ0v) is 77.2. The SMILES string of the molecule is c1ccc2c(c1)Cc1c-2ccc2c1Cc1c3c(cc4c1N2c1cccnc1C4)Cc1ccccc1-3.c1ccc2c(c1)Cc1c-2ccc2c1Cc1c3c(cc4c1N2c1ccncc1C4)Cc1ccccc1-3.c1ccc2c(c1)Cc1c-2ccc2c1Cc1c3c(cc4c1N2c1cnccc1C4)Cc1ccccc1-3.c1ccc2c(c1)Cc1c-2ccc2c1Cc1c3c(cc4c1N2c1ncccc1C4)Cc1ccccc1-3. The molecule has 12 heterocycles. The van der Waals surface area contributed by atoms with E-state index >= 15 is 0 Å². The number of aromatic nitrogens is 4. The van der Waals surface area contributed by atoms with Gasteiger partial charge >= 0.3 is 0 Å². The van der Waals surface area contributed by atoms with Crippen LogP contribution in [0.3, 0.4) is 0 Å². The van der Waals surface area contributed by atoms with E-state index in [2.05, 4.69) is 345 Å². The molecule has 0 amide bonds. The number of pyridine rings is 4. The number of benzene rings is 16. The van der Waals surface area contributed by atoms with Crippen LogP contribution in [0.25, 0.3) is 89.0 Å². The fourth-order valence-electron chi connectivity index (χ4n) is 28.9. The van der Waals surface area contributed by atoms with Crippen molar-refractivity contribution in [3.8, 4) is 89.0 Å². The van der Waals surface area contributed by atoms with E-state index in [0.717, 1.165) is 109 Å². The van der Waals surface area contributed by atoms with Gasteiger partial charge in [0.25, 0.3) is 0 Å². The third-order valence-electron chi connectivity index (χ3n) is 34.4. The zero-order valence-electron chi connectivity index (χ0n) is 77.2. The Kier molecular flexibility index (Phi) is 15.6. The molecule has 0 saturated carbocycles. The lowest BCUT2D eigenvalue weighted by molar-refractivity contribution is 0.960. The highest BCUT2D eigenvalue weighted by molar-refractivity contribution is 6.04. The molecule has 16 aliphatic rings. The summed E-state index contributed by atoms with van der Waals surface area (Å²) in [6, 6.07) is 114. The maximum Gasteiger partial charge on any atom is 0.141 e. The minimum Gasteiger partial charge on any atom is -0.309 e. The normalized spacial score (nSPS) is 14.9. The standard InChI is InChI=1S/4C33H22N2/c1-3-9-24-20(7-1)17-27-26(24)11-12-30-28(27)18-29-31-22(14-19-6-2-4-10-25(19)31)16-23-15-21-8-5-13-34-33(21)35(30)32(23)29;1-3-8-23-20(7-1)16-26-25(23)11-12-30-27(26)18-28-32-21(14-19-6-2-4-9-24(19)32)15-22-17-29-31(10-5-13-34-29)35(30)33(22)28;1-3-7-24-20(6-1)16-27-26(24)9-10-31-28(27)17-29-32-21(13-19-5-2-4-8-25(19)32)14-22-15-23-18-34-12-11-30(23)35(31)33(22)29;1-3-7-24-20(6-1)16-27-26(24)9-10-30-28(27)17-29-32-22(13-19-5-2-4-8-25(19)32)15-23-14-21-11-12-34-18-31(21)35(30)33(23)29/h1-13,16H,14-15,17-18H2;1-13,15H,14,16-18H2;1-12,14,18H,13,15-17H2;1-12,15,18H,13-14,16-17H2. The molecule has 0 bridgehead atoms. The van der Waals surface area contributed by atoms with Crippen LogP contribution in [0.2, 0.25) is 0 Å². The summed E-state index contributed by atoms with van der Waals surface area (Å²) >= 11 is 0. The fourth-order valence-corrected chi connectivity index (χ4v) is 28.9. The van der Waals surface area contributed by atoms with Crippen molar-refractivity contribution >= 4 is 68.4 Å². The van der Waals surface area contributed by atoms with Gasteiger partial charge in [0.2, 0.25) is 0 Å². The van der Waals surface area contributed by atoms with Gasteiger partial charge in [0.05, 0.1) is 74.5 Å². The Morgan fingerprint density at radius 2 is 0.464 bits per heavy atom. The number of nitrogens with zero attached hydrogens (tertiary/aromatic N) is 8. The highest BCUT2D eigenvalue weighted by Crippen LogP contribution is 2.64. The van der Waals surface area contributed by atoms with E-state index in [4.69, 9.17) is 9.97 Å². The first-order chi connectivity index (χ1) is 69.4. The largest absolute Gasteiger partial charge is 0.309 e. The van der Waals surface area contributed by atoms with Crippen molar-refractivity contribution in [3.63, 3.8) is 0 Å². The maximum absolute atomic E-state index is 4.94. The van der Waals surface area contributed by atoms with Crippen LogP contribution in [0.15, 0.2) is 340 Å². The van der Waals surface area contributed by atoms with E-state index in [1.54, 1.807) is 0 Å². The van der Waals surface area contributed by atoms with Crippen LogP contribution in [-0.2, 0) is 103 Å². The molecule has 0 saturated heterocycles. The first-order valence-corrected chi connectivity index (χ1v) is 50.3. The number of fused-ring (bicyclic) bond motifs is 48. The van der Waals surface area contributed by atoms with Gasteiger partial charge in [0.15, 0.2) is 0 Å². The minimum atomic E-state index is 0.907. The van der Waals surface area contributed by atoms with Crippen LogP contribution in [0.5, 0.6) is 0 Å². The smallest absolute Gasteiger partial charge is 0.141 e. The van der Waals surface area contributed by atoms with Gasteiger partial charge < -0.3 is 14.7 Å². The lowest BCUT2D eigenvalue weighted by Gasteiger charge is -2.41. The molecular weight excluding hydrogens is 1700 g/mol. The Hall–Kier alpha value is -16.7. The second kappa shape index (κ2) is 28.5. The molecule has 0 unspecified atom stereocenters. The Labute approximate surface area is 812 Å². The summed E-state index contributed by atoms with van der Waals surface area (Å²) in [5.41, 5.74) is 84.2. The van der Waals surface area contributed by atoms with Crippen molar-refractivity contribution in [2.75, 3.05) is 19.6 Å². The summed E-state index contributed by atoms with van der Waals surface area (Å²) < 4.78 is 0. The molecule has 0 radical (unpaired) electrons. The highest BCUT2D eigenvalue weighted by Gasteiger charge is 2.46. The molecule has 8 aliphatic carbocycles. The average molecular weight is 1790 g/mol. The van der Waals surface area contributed by atoms with Crippen LogP contribution in [0.1, 0.15) is 178 Å². The number of hydrogen-bond donors (Lipinski definition) is 0. The van der Waals surface area contributed by atoms with Crippen molar-refractivity contribution < 1.29 is 0 Å². The van der Waals surface area contributed by atoms with Crippen LogP contribution in [0.4, 0.5) is 68.4 Å². The summed E-state index contributed by atoms with van der Waals surface area (Å²) in [6.07, 6.45) is 28.0. The lowest BCUT2D eigenvalue weighted by Crippen LogP contribution is -2.27. The molecule has 8 aliphatic heterocycles. The molecule has 16 aromatic carbocycles. The zero-order chi connectivity index (χ0) is 90.7. The average Bonchev–Trinajstić information content (AvgIpc) is 1.44. The minimum absolute atomic E-state index is 0.907. The molecule has 140 heavy (non-hydrogen) atoms. The molecule has 0 fully saturated rings. The molecule has 0 spiro atoms. The van der Waals surface area contributed by atoms with Crippen LogP contribution in [0, 0.1) is 0 Å². The summed E-state index contributed by atoms with van der Waals surface area (Å²) in [6.45, 7) is 0. The van der Waals surface area contributed by atoms with E-state index in [0.29, 0.717) is 0 Å².